The number of fused-ring (bicyclic) bond motifs is 2. The summed E-state index contributed by atoms with van der Waals surface area (Å²) >= 11 is 1.61. The van der Waals surface area contributed by atoms with Gasteiger partial charge in [0.2, 0.25) is 0 Å². The van der Waals surface area contributed by atoms with Crippen molar-refractivity contribution in [1.29, 1.82) is 5.26 Å². The normalized spacial score (nSPS) is 13.5. The molecule has 3 aromatic rings. The minimum absolute atomic E-state index is 0.696. The molecule has 0 bridgehead atoms. The molecule has 0 saturated carbocycles. The van der Waals surface area contributed by atoms with E-state index < -0.39 is 0 Å². The maximum atomic E-state index is 9.44. The predicted octanol–water partition coefficient (Wildman–Crippen LogP) is 4.67. The zero-order chi connectivity index (χ0) is 16.4. The number of aryl methyl sites for hydroxylation is 2. The van der Waals surface area contributed by atoms with Crippen LogP contribution in [0.2, 0.25) is 0 Å². The van der Waals surface area contributed by atoms with Crippen molar-refractivity contribution in [2.75, 3.05) is 0 Å². The van der Waals surface area contributed by atoms with Crippen LogP contribution in [0.25, 0.3) is 10.9 Å². The summed E-state index contributed by atoms with van der Waals surface area (Å²) < 4.78 is 0. The lowest BCUT2D eigenvalue weighted by Gasteiger charge is -2.16. The van der Waals surface area contributed by atoms with Crippen molar-refractivity contribution in [2.45, 2.75) is 36.5 Å². The van der Waals surface area contributed by atoms with E-state index in [0.717, 1.165) is 40.2 Å². The van der Waals surface area contributed by atoms with Gasteiger partial charge in [0.1, 0.15) is 11.1 Å². The molecule has 4 heteroatoms. The maximum absolute atomic E-state index is 9.44. The van der Waals surface area contributed by atoms with E-state index in [0.29, 0.717) is 5.56 Å². The van der Waals surface area contributed by atoms with Gasteiger partial charge in [0.05, 0.1) is 16.8 Å². The summed E-state index contributed by atoms with van der Waals surface area (Å²) in [7, 11) is 0. The third-order valence-corrected chi connectivity index (χ3v) is 5.42. The summed E-state index contributed by atoms with van der Waals surface area (Å²) in [4.78, 5) is 9.48. The van der Waals surface area contributed by atoms with Gasteiger partial charge in [-0.05, 0) is 49.4 Å². The van der Waals surface area contributed by atoms with Crippen molar-refractivity contribution in [3.05, 3.63) is 65.0 Å². The van der Waals surface area contributed by atoms with Crippen molar-refractivity contribution in [3.63, 3.8) is 0 Å². The van der Waals surface area contributed by atoms with E-state index >= 15 is 0 Å². The van der Waals surface area contributed by atoms with Crippen LogP contribution in [-0.4, -0.2) is 9.97 Å². The second-order valence-corrected chi connectivity index (χ2v) is 7.01. The van der Waals surface area contributed by atoms with E-state index in [1.54, 1.807) is 11.8 Å². The predicted molar refractivity (Wildman–Crippen MR) is 96.9 cm³/mol. The molecule has 0 saturated heterocycles. The number of para-hydroxylation sites is 1. The molecule has 4 rings (SSSR count). The highest BCUT2D eigenvalue weighted by atomic mass is 32.2. The summed E-state index contributed by atoms with van der Waals surface area (Å²) in [6.45, 7) is 0. The Labute approximate surface area is 145 Å². The third kappa shape index (κ3) is 3.00. The molecule has 0 N–H and O–H groups in total. The second kappa shape index (κ2) is 6.62. The summed E-state index contributed by atoms with van der Waals surface area (Å²) in [5.41, 5.74) is 5.15. The Morgan fingerprint density at radius 3 is 2.83 bits per heavy atom. The fourth-order valence-electron chi connectivity index (χ4n) is 3.14. The van der Waals surface area contributed by atoms with Crippen molar-refractivity contribution < 1.29 is 0 Å². The first-order valence-electron chi connectivity index (χ1n) is 8.24. The summed E-state index contributed by atoms with van der Waals surface area (Å²) in [6, 6.07) is 16.6. The first-order valence-corrected chi connectivity index (χ1v) is 9.22. The quantitative estimate of drug-likeness (QED) is 0.654. The molecule has 1 aliphatic carbocycles. The van der Waals surface area contributed by atoms with E-state index in [4.69, 9.17) is 9.97 Å². The van der Waals surface area contributed by atoms with Crippen LogP contribution in [-0.2, 0) is 18.6 Å². The first-order chi connectivity index (χ1) is 11.8. The molecule has 1 aliphatic rings. The standard InChI is InChI=1S/C20H17N3S/c21-12-16-11-15-6-2-4-8-19(15)23-20(16)24-13-17-10-9-14-5-1-3-7-18(14)22-17/h1,3,5,7,9-11H,2,4,6,8,13H2. The molecule has 0 spiro atoms. The number of rotatable bonds is 3. The van der Waals surface area contributed by atoms with Crippen LogP contribution < -0.4 is 0 Å². The number of nitriles is 1. The molecule has 24 heavy (non-hydrogen) atoms. The average molecular weight is 331 g/mol. The highest BCUT2D eigenvalue weighted by molar-refractivity contribution is 7.98. The van der Waals surface area contributed by atoms with Crippen LogP contribution in [0.5, 0.6) is 0 Å². The molecule has 2 heterocycles. The Kier molecular flexibility index (Phi) is 4.18. The highest BCUT2D eigenvalue weighted by Gasteiger charge is 2.15. The minimum atomic E-state index is 0.696. The van der Waals surface area contributed by atoms with Gasteiger partial charge in [0, 0.05) is 16.8 Å². The number of nitrogens with zero attached hydrogens (tertiary/aromatic N) is 3. The van der Waals surface area contributed by atoms with Crippen LogP contribution in [0.15, 0.2) is 47.5 Å². The molecule has 0 radical (unpaired) electrons. The summed E-state index contributed by atoms with van der Waals surface area (Å²) in [6.07, 6.45) is 4.48. The van der Waals surface area contributed by atoms with Gasteiger partial charge in [-0.15, -0.1) is 0 Å². The molecule has 0 fully saturated rings. The van der Waals surface area contributed by atoms with Crippen LogP contribution in [0.1, 0.15) is 35.4 Å². The monoisotopic (exact) mass is 331 g/mol. The first kappa shape index (κ1) is 15.2. The molecular weight excluding hydrogens is 314 g/mol. The van der Waals surface area contributed by atoms with Crippen molar-refractivity contribution in [1.82, 2.24) is 9.97 Å². The van der Waals surface area contributed by atoms with E-state index in [-0.39, 0.29) is 0 Å². The molecule has 0 amide bonds. The number of benzene rings is 1. The van der Waals surface area contributed by atoms with Gasteiger partial charge in [-0.3, -0.25) is 4.98 Å². The minimum Gasteiger partial charge on any atom is -0.252 e. The Hall–Kier alpha value is -2.38. The van der Waals surface area contributed by atoms with Gasteiger partial charge in [-0.25, -0.2) is 4.98 Å². The van der Waals surface area contributed by atoms with Crippen LogP contribution in [0.4, 0.5) is 0 Å². The Balaban J connectivity index is 1.59. The third-order valence-electron chi connectivity index (χ3n) is 4.40. The van der Waals surface area contributed by atoms with Gasteiger partial charge in [-0.1, -0.05) is 36.0 Å². The molecule has 0 unspecified atom stereocenters. The Bertz CT molecular complexity index is 943. The molecule has 118 valence electrons. The number of aromatic nitrogens is 2. The number of hydrogen-bond acceptors (Lipinski definition) is 4. The van der Waals surface area contributed by atoms with Gasteiger partial charge < -0.3 is 0 Å². The largest absolute Gasteiger partial charge is 0.252 e. The van der Waals surface area contributed by atoms with Gasteiger partial charge in [-0.2, -0.15) is 5.26 Å². The maximum Gasteiger partial charge on any atom is 0.114 e. The van der Waals surface area contributed by atoms with E-state index in [1.807, 2.05) is 24.3 Å². The van der Waals surface area contributed by atoms with Crippen LogP contribution >= 0.6 is 11.8 Å². The number of hydrogen-bond donors (Lipinski definition) is 0. The molecule has 2 aromatic heterocycles. The number of pyridine rings is 2. The lowest BCUT2D eigenvalue weighted by Crippen LogP contribution is -2.07. The van der Waals surface area contributed by atoms with Crippen LogP contribution in [0, 0.1) is 11.3 Å². The fraction of sp³-hybridized carbons (Fsp3) is 0.250. The average Bonchev–Trinajstić information content (AvgIpc) is 2.65. The SMILES string of the molecule is N#Cc1cc2c(nc1SCc1ccc3ccccc3n1)CCCC2. The zero-order valence-corrected chi connectivity index (χ0v) is 14.1. The lowest BCUT2D eigenvalue weighted by molar-refractivity contribution is 0.660. The van der Waals surface area contributed by atoms with Gasteiger partial charge in [0.15, 0.2) is 0 Å². The summed E-state index contributed by atoms with van der Waals surface area (Å²) in [5, 5.41) is 11.4. The molecule has 0 aliphatic heterocycles. The second-order valence-electron chi connectivity index (χ2n) is 6.05. The Morgan fingerprint density at radius 2 is 1.92 bits per heavy atom. The van der Waals surface area contributed by atoms with E-state index in [9.17, 15) is 5.26 Å². The lowest BCUT2D eigenvalue weighted by atomic mass is 9.95. The molecule has 1 aromatic carbocycles. The summed E-state index contributed by atoms with van der Waals surface area (Å²) in [5.74, 6) is 0.727. The molecule has 0 atom stereocenters. The van der Waals surface area contributed by atoms with Crippen molar-refractivity contribution in [2.24, 2.45) is 0 Å². The van der Waals surface area contributed by atoms with Gasteiger partial charge in [0.25, 0.3) is 0 Å². The topological polar surface area (TPSA) is 49.6 Å². The smallest absolute Gasteiger partial charge is 0.114 e. The number of thioether (sulfide) groups is 1. The van der Waals surface area contributed by atoms with E-state index in [2.05, 4.69) is 24.3 Å². The van der Waals surface area contributed by atoms with Crippen molar-refractivity contribution >= 4 is 22.7 Å². The van der Waals surface area contributed by atoms with Crippen LogP contribution in [0.3, 0.4) is 0 Å². The molecule has 3 nitrogen and oxygen atoms in total. The fourth-order valence-corrected chi connectivity index (χ4v) is 4.02. The van der Waals surface area contributed by atoms with Crippen molar-refractivity contribution in [3.8, 4) is 6.07 Å². The zero-order valence-electron chi connectivity index (χ0n) is 13.3. The highest BCUT2D eigenvalue weighted by Crippen LogP contribution is 2.29. The Morgan fingerprint density at radius 1 is 1.04 bits per heavy atom. The van der Waals surface area contributed by atoms with E-state index in [1.165, 1.54) is 24.1 Å². The molecular formula is C20H17N3S. The van der Waals surface area contributed by atoms with Gasteiger partial charge >= 0.3 is 0 Å².